The van der Waals surface area contributed by atoms with Gasteiger partial charge >= 0.3 is 12.1 Å². The number of halogens is 1. The lowest BCUT2D eigenvalue weighted by Crippen LogP contribution is -2.53. The molecule has 2 rings (SSSR count). The Bertz CT molecular complexity index is 379. The van der Waals surface area contributed by atoms with Crippen LogP contribution in [0.2, 0.25) is 0 Å². The Morgan fingerprint density at radius 1 is 1.33 bits per heavy atom. The monoisotopic (exact) mass is 259 g/mol. The highest BCUT2D eigenvalue weighted by atomic mass is 19.1. The summed E-state index contributed by atoms with van der Waals surface area (Å²) in [5.74, 6) is -1.75. The molecule has 0 radical (unpaired) electrons. The topological polar surface area (TPSA) is 66.8 Å². The third kappa shape index (κ3) is 2.15. The number of hydrogen-bond acceptors (Lipinski definition) is 3. The van der Waals surface area contributed by atoms with Crippen LogP contribution in [0.25, 0.3) is 0 Å². The number of ether oxygens (including phenoxy) is 1. The number of carbonyl (C=O) groups excluding carboxylic acids is 1. The van der Waals surface area contributed by atoms with Crippen molar-refractivity contribution in [2.45, 2.75) is 57.5 Å². The van der Waals surface area contributed by atoms with E-state index in [4.69, 9.17) is 9.84 Å². The molecule has 102 valence electrons. The van der Waals surface area contributed by atoms with Gasteiger partial charge in [-0.1, -0.05) is 0 Å². The number of hydrogen-bond donors (Lipinski definition) is 1. The zero-order valence-electron chi connectivity index (χ0n) is 10.7. The van der Waals surface area contributed by atoms with E-state index in [9.17, 15) is 14.0 Å². The Balaban J connectivity index is 2.17. The first-order valence-electron chi connectivity index (χ1n) is 6.09. The molecule has 5 nitrogen and oxygen atoms in total. The normalized spacial score (nSPS) is 34.8. The molecule has 1 heterocycles. The third-order valence-corrected chi connectivity index (χ3v) is 3.46. The van der Waals surface area contributed by atoms with Crippen molar-refractivity contribution in [3.8, 4) is 0 Å². The van der Waals surface area contributed by atoms with Gasteiger partial charge < -0.3 is 9.84 Å². The molecule has 1 saturated heterocycles. The number of carboxylic acids is 1. The lowest BCUT2D eigenvalue weighted by molar-refractivity contribution is -0.146. The number of nitrogens with zero attached hydrogens (tertiary/aromatic N) is 1. The fraction of sp³-hybridized carbons (Fsp3) is 0.833. The second kappa shape index (κ2) is 4.10. The number of fused-ring (bicyclic) bond motifs is 2. The van der Waals surface area contributed by atoms with Crippen molar-refractivity contribution in [1.82, 2.24) is 4.90 Å². The van der Waals surface area contributed by atoms with E-state index in [2.05, 4.69) is 0 Å². The minimum absolute atomic E-state index is 0.216. The van der Waals surface area contributed by atoms with Crippen LogP contribution in [-0.2, 0) is 9.53 Å². The molecule has 2 aliphatic rings. The molecule has 18 heavy (non-hydrogen) atoms. The van der Waals surface area contributed by atoms with E-state index >= 15 is 0 Å². The summed E-state index contributed by atoms with van der Waals surface area (Å²) in [7, 11) is 0. The van der Waals surface area contributed by atoms with E-state index in [0.29, 0.717) is 6.42 Å². The molecule has 1 aliphatic heterocycles. The van der Waals surface area contributed by atoms with Crippen molar-refractivity contribution in [2.24, 2.45) is 5.92 Å². The molecular formula is C12H18FNO4. The number of likely N-dealkylation sites (tertiary alicyclic amines) is 1. The second-order valence-electron chi connectivity index (χ2n) is 5.98. The number of carbonyl (C=O) groups is 2. The number of rotatable bonds is 1. The van der Waals surface area contributed by atoms with Crippen LogP contribution in [0, 0.1) is 5.92 Å². The van der Waals surface area contributed by atoms with Crippen molar-refractivity contribution in [3.63, 3.8) is 0 Å². The summed E-state index contributed by atoms with van der Waals surface area (Å²) >= 11 is 0. The molecule has 0 aromatic heterocycles. The lowest BCUT2D eigenvalue weighted by Gasteiger charge is -2.35. The zero-order valence-corrected chi connectivity index (χ0v) is 10.7. The fourth-order valence-electron chi connectivity index (χ4n) is 2.86. The molecule has 0 spiro atoms. The maximum Gasteiger partial charge on any atom is 0.411 e. The van der Waals surface area contributed by atoms with Crippen molar-refractivity contribution >= 4 is 12.1 Å². The molecule has 0 aromatic rings. The number of piperidine rings is 1. The summed E-state index contributed by atoms with van der Waals surface area (Å²) in [6, 6.07) is -1.44. The highest BCUT2D eigenvalue weighted by Crippen LogP contribution is 2.44. The maximum absolute atomic E-state index is 13.6. The van der Waals surface area contributed by atoms with Gasteiger partial charge in [-0.3, -0.25) is 4.90 Å². The average molecular weight is 259 g/mol. The van der Waals surface area contributed by atoms with Crippen LogP contribution < -0.4 is 0 Å². The molecule has 2 fully saturated rings. The van der Waals surface area contributed by atoms with Crippen LogP contribution in [0.5, 0.6) is 0 Å². The van der Waals surface area contributed by atoms with E-state index < -0.39 is 35.8 Å². The van der Waals surface area contributed by atoms with Crippen molar-refractivity contribution in [3.05, 3.63) is 0 Å². The minimum Gasteiger partial charge on any atom is -0.480 e. The summed E-state index contributed by atoms with van der Waals surface area (Å²) in [5, 5.41) is 9.15. The lowest BCUT2D eigenvalue weighted by atomic mass is 9.97. The molecule has 1 N–H and O–H groups in total. The van der Waals surface area contributed by atoms with Gasteiger partial charge in [-0.05, 0) is 33.6 Å². The molecule has 2 bridgehead atoms. The average Bonchev–Trinajstić information content (AvgIpc) is 2.69. The molecule has 6 heteroatoms. The molecule has 4 atom stereocenters. The summed E-state index contributed by atoms with van der Waals surface area (Å²) in [5.41, 5.74) is -0.683. The van der Waals surface area contributed by atoms with Crippen molar-refractivity contribution < 1.29 is 23.8 Å². The van der Waals surface area contributed by atoms with E-state index in [0.717, 1.165) is 0 Å². The van der Waals surface area contributed by atoms with Gasteiger partial charge in [0.05, 0.1) is 0 Å². The molecule has 1 saturated carbocycles. The van der Waals surface area contributed by atoms with Crippen LogP contribution in [0.1, 0.15) is 33.6 Å². The van der Waals surface area contributed by atoms with Gasteiger partial charge in [0, 0.05) is 12.0 Å². The second-order valence-corrected chi connectivity index (χ2v) is 5.98. The Kier molecular flexibility index (Phi) is 2.99. The summed E-state index contributed by atoms with van der Waals surface area (Å²) in [6.45, 7) is 5.15. The smallest absolute Gasteiger partial charge is 0.411 e. The molecule has 0 aromatic carbocycles. The number of alkyl halides is 1. The van der Waals surface area contributed by atoms with Crippen molar-refractivity contribution in [2.75, 3.05) is 0 Å². The van der Waals surface area contributed by atoms with Crippen LogP contribution in [0.4, 0.5) is 9.18 Å². The van der Waals surface area contributed by atoms with Gasteiger partial charge in [-0.2, -0.15) is 0 Å². The Morgan fingerprint density at radius 2 is 1.94 bits per heavy atom. The fourth-order valence-corrected chi connectivity index (χ4v) is 2.86. The maximum atomic E-state index is 13.6. The van der Waals surface area contributed by atoms with Crippen LogP contribution in [-0.4, -0.2) is 45.9 Å². The van der Waals surface area contributed by atoms with Gasteiger partial charge in [0.15, 0.2) is 0 Å². The minimum atomic E-state index is -1.16. The van der Waals surface area contributed by atoms with Gasteiger partial charge in [-0.25, -0.2) is 14.0 Å². The Labute approximate surface area is 105 Å². The highest BCUT2D eigenvalue weighted by Gasteiger charge is 2.57. The molecule has 1 aliphatic carbocycles. The van der Waals surface area contributed by atoms with Gasteiger partial charge in [0.25, 0.3) is 0 Å². The molecular weight excluding hydrogens is 241 g/mol. The standard InChI is InChI=1S/C12H18FNO4/c1-12(2,3)18-11(17)14-6-4-7(8(13)5-6)9(14)10(15)16/h6-9H,4-5H2,1-3H3,(H,15,16)/t6-,7+,8-,9-/m1/s1. The largest absolute Gasteiger partial charge is 0.480 e. The quantitative estimate of drug-likeness (QED) is 0.779. The first kappa shape index (κ1) is 13.1. The number of amides is 1. The van der Waals surface area contributed by atoms with Crippen LogP contribution in [0.3, 0.4) is 0 Å². The predicted octanol–water partition coefficient (Wildman–Crippen LogP) is 1.81. The van der Waals surface area contributed by atoms with Crippen LogP contribution in [0.15, 0.2) is 0 Å². The number of aliphatic carboxylic acids is 1. The summed E-state index contributed by atoms with van der Waals surface area (Å²) in [4.78, 5) is 24.4. The highest BCUT2D eigenvalue weighted by molar-refractivity contribution is 5.82. The third-order valence-electron chi connectivity index (χ3n) is 3.46. The van der Waals surface area contributed by atoms with Gasteiger partial charge in [0.2, 0.25) is 0 Å². The van der Waals surface area contributed by atoms with E-state index in [1.54, 1.807) is 20.8 Å². The first-order valence-corrected chi connectivity index (χ1v) is 6.09. The predicted molar refractivity (Wildman–Crippen MR) is 60.9 cm³/mol. The van der Waals surface area contributed by atoms with Gasteiger partial charge in [0.1, 0.15) is 17.8 Å². The Hall–Kier alpha value is -1.33. The zero-order chi connectivity index (χ0) is 13.7. The number of carboxylic acid groups (broad SMARTS) is 1. The van der Waals surface area contributed by atoms with Crippen molar-refractivity contribution in [1.29, 1.82) is 0 Å². The summed E-state index contributed by atoms with van der Waals surface area (Å²) in [6.07, 6.45) is -1.16. The SMILES string of the molecule is CC(C)(C)OC(=O)N1[C@@H]2C[C@@H]([C@H](F)C2)[C@@H]1C(=O)O. The first-order chi connectivity index (χ1) is 8.20. The van der Waals surface area contributed by atoms with Gasteiger partial charge in [-0.15, -0.1) is 0 Å². The molecule has 0 unspecified atom stereocenters. The van der Waals surface area contributed by atoms with Crippen LogP contribution >= 0.6 is 0 Å². The van der Waals surface area contributed by atoms with E-state index in [-0.39, 0.29) is 12.5 Å². The molecule has 1 amide bonds. The Morgan fingerprint density at radius 3 is 2.44 bits per heavy atom. The summed E-state index contributed by atoms with van der Waals surface area (Å²) < 4.78 is 18.8. The van der Waals surface area contributed by atoms with E-state index in [1.165, 1.54) is 4.90 Å². The van der Waals surface area contributed by atoms with E-state index in [1.807, 2.05) is 0 Å².